The largest absolute Gasteiger partial charge is 0.354 e. The second-order valence-electron chi connectivity index (χ2n) is 8.83. The van der Waals surface area contributed by atoms with Gasteiger partial charge in [0.25, 0.3) is 5.91 Å². The normalized spacial score (nSPS) is 14.6. The minimum Gasteiger partial charge on any atom is -0.354 e. The zero-order chi connectivity index (χ0) is 23.7. The van der Waals surface area contributed by atoms with Crippen molar-refractivity contribution in [2.75, 3.05) is 31.1 Å². The maximum atomic E-state index is 13.6. The highest BCUT2D eigenvalue weighted by molar-refractivity contribution is 5.94. The van der Waals surface area contributed by atoms with Crippen LogP contribution in [0.1, 0.15) is 42.4 Å². The summed E-state index contributed by atoms with van der Waals surface area (Å²) in [5.74, 6) is 1.21. The van der Waals surface area contributed by atoms with E-state index in [9.17, 15) is 9.18 Å². The Morgan fingerprint density at radius 2 is 1.79 bits per heavy atom. The van der Waals surface area contributed by atoms with Crippen molar-refractivity contribution in [3.05, 3.63) is 78.0 Å². The standard InChI is InChI=1S/C26H27FN6O/c1-18(2)23-29-24(22-17-28-33(25(22)30-23)21-10-4-3-5-11-21)31-12-7-13-32(15-14-31)26(34)19-8-6-9-20(27)16-19/h3-6,8-11,16-18H,7,12-15H2,1-2H3. The minimum atomic E-state index is -0.401. The smallest absolute Gasteiger partial charge is 0.254 e. The van der Waals surface area contributed by atoms with E-state index in [0.717, 1.165) is 41.3 Å². The number of carbonyl (C=O) groups excluding carboxylic acids is 1. The predicted octanol–water partition coefficient (Wildman–Crippen LogP) is 4.43. The van der Waals surface area contributed by atoms with Crippen molar-refractivity contribution in [3.8, 4) is 5.69 Å². The number of amides is 1. The van der Waals surface area contributed by atoms with E-state index in [0.29, 0.717) is 25.2 Å². The first-order valence-electron chi connectivity index (χ1n) is 11.6. The van der Waals surface area contributed by atoms with Crippen molar-refractivity contribution in [1.29, 1.82) is 0 Å². The molecule has 4 aromatic rings. The number of rotatable bonds is 4. The fourth-order valence-electron chi connectivity index (χ4n) is 4.30. The van der Waals surface area contributed by atoms with Gasteiger partial charge in [-0.2, -0.15) is 5.10 Å². The number of carbonyl (C=O) groups is 1. The summed E-state index contributed by atoms with van der Waals surface area (Å²) in [6.07, 6.45) is 2.61. The summed E-state index contributed by atoms with van der Waals surface area (Å²) in [5.41, 5.74) is 2.10. The Morgan fingerprint density at radius 3 is 2.56 bits per heavy atom. The van der Waals surface area contributed by atoms with E-state index in [-0.39, 0.29) is 11.8 Å². The summed E-state index contributed by atoms with van der Waals surface area (Å²) >= 11 is 0. The van der Waals surface area contributed by atoms with Crippen molar-refractivity contribution in [1.82, 2.24) is 24.6 Å². The third kappa shape index (κ3) is 4.23. The van der Waals surface area contributed by atoms with Gasteiger partial charge >= 0.3 is 0 Å². The molecule has 0 aliphatic carbocycles. The first-order chi connectivity index (χ1) is 16.5. The fraction of sp³-hybridized carbons (Fsp3) is 0.308. The molecule has 2 aromatic heterocycles. The van der Waals surface area contributed by atoms with Gasteiger partial charge in [-0.3, -0.25) is 4.79 Å². The summed E-state index contributed by atoms with van der Waals surface area (Å²) in [5, 5.41) is 5.51. The molecule has 0 N–H and O–H groups in total. The molecule has 2 aromatic carbocycles. The van der Waals surface area contributed by atoms with E-state index >= 15 is 0 Å². The van der Waals surface area contributed by atoms with Crippen molar-refractivity contribution in [3.63, 3.8) is 0 Å². The molecule has 0 spiro atoms. The summed E-state index contributed by atoms with van der Waals surface area (Å²) in [6.45, 7) is 6.69. The molecule has 0 bridgehead atoms. The van der Waals surface area contributed by atoms with Crippen LogP contribution >= 0.6 is 0 Å². The third-order valence-corrected chi connectivity index (χ3v) is 6.10. The number of anilines is 1. The van der Waals surface area contributed by atoms with Crippen LogP contribution in [-0.2, 0) is 0 Å². The van der Waals surface area contributed by atoms with Gasteiger partial charge in [-0.1, -0.05) is 38.1 Å². The van der Waals surface area contributed by atoms with Gasteiger partial charge in [0.2, 0.25) is 0 Å². The summed E-state index contributed by atoms with van der Waals surface area (Å²) in [7, 11) is 0. The zero-order valence-electron chi connectivity index (χ0n) is 19.4. The average molecular weight is 459 g/mol. The number of hydrogen-bond acceptors (Lipinski definition) is 5. The lowest BCUT2D eigenvalue weighted by Gasteiger charge is -2.24. The molecule has 0 atom stereocenters. The molecule has 1 aliphatic heterocycles. The quantitative estimate of drug-likeness (QED) is 0.453. The maximum absolute atomic E-state index is 13.6. The van der Waals surface area contributed by atoms with Crippen LogP contribution in [0.3, 0.4) is 0 Å². The lowest BCUT2D eigenvalue weighted by atomic mass is 10.2. The van der Waals surface area contributed by atoms with E-state index in [1.54, 1.807) is 17.0 Å². The lowest BCUT2D eigenvalue weighted by molar-refractivity contribution is 0.0766. The molecule has 1 saturated heterocycles. The predicted molar refractivity (Wildman–Crippen MR) is 130 cm³/mol. The first-order valence-corrected chi connectivity index (χ1v) is 11.6. The monoisotopic (exact) mass is 458 g/mol. The number of benzene rings is 2. The van der Waals surface area contributed by atoms with Gasteiger partial charge in [0, 0.05) is 37.7 Å². The average Bonchev–Trinajstić information content (AvgIpc) is 3.13. The van der Waals surface area contributed by atoms with E-state index < -0.39 is 5.82 Å². The zero-order valence-corrected chi connectivity index (χ0v) is 19.4. The molecular weight excluding hydrogens is 431 g/mol. The molecular formula is C26H27FN6O. The van der Waals surface area contributed by atoms with Crippen LogP contribution in [0.15, 0.2) is 60.8 Å². The Bertz CT molecular complexity index is 1320. The van der Waals surface area contributed by atoms with Crippen LogP contribution in [0, 0.1) is 5.82 Å². The molecule has 1 fully saturated rings. The van der Waals surface area contributed by atoms with Crippen molar-refractivity contribution >= 4 is 22.8 Å². The number of fused-ring (bicyclic) bond motifs is 1. The van der Waals surface area contributed by atoms with Crippen LogP contribution in [0.4, 0.5) is 10.2 Å². The second-order valence-corrected chi connectivity index (χ2v) is 8.83. The number of hydrogen-bond donors (Lipinski definition) is 0. The highest BCUT2D eigenvalue weighted by Gasteiger charge is 2.24. The maximum Gasteiger partial charge on any atom is 0.254 e. The Hall–Kier alpha value is -3.81. The van der Waals surface area contributed by atoms with E-state index in [2.05, 4.69) is 23.8 Å². The van der Waals surface area contributed by atoms with Crippen LogP contribution in [-0.4, -0.2) is 56.7 Å². The van der Waals surface area contributed by atoms with Gasteiger partial charge in [-0.25, -0.2) is 19.0 Å². The number of para-hydroxylation sites is 1. The summed E-state index contributed by atoms with van der Waals surface area (Å²) in [6, 6.07) is 15.8. The van der Waals surface area contributed by atoms with Gasteiger partial charge < -0.3 is 9.80 Å². The highest BCUT2D eigenvalue weighted by Crippen LogP contribution is 2.28. The summed E-state index contributed by atoms with van der Waals surface area (Å²) < 4.78 is 15.5. The van der Waals surface area contributed by atoms with E-state index in [4.69, 9.17) is 9.97 Å². The Kier molecular flexibility index (Phi) is 5.96. The fourth-order valence-corrected chi connectivity index (χ4v) is 4.30. The molecule has 174 valence electrons. The van der Waals surface area contributed by atoms with Gasteiger partial charge in [-0.05, 0) is 36.8 Å². The third-order valence-electron chi connectivity index (χ3n) is 6.10. The van der Waals surface area contributed by atoms with Gasteiger partial charge in [0.05, 0.1) is 17.3 Å². The first kappa shape index (κ1) is 22.0. The molecule has 0 unspecified atom stereocenters. The molecule has 34 heavy (non-hydrogen) atoms. The highest BCUT2D eigenvalue weighted by atomic mass is 19.1. The van der Waals surface area contributed by atoms with Gasteiger partial charge in [0.1, 0.15) is 17.5 Å². The van der Waals surface area contributed by atoms with Crippen LogP contribution in [0.5, 0.6) is 0 Å². The lowest BCUT2D eigenvalue weighted by Crippen LogP contribution is -2.35. The number of halogens is 1. The molecule has 8 heteroatoms. The molecule has 0 saturated carbocycles. The Labute approximate surface area is 197 Å². The molecule has 1 aliphatic rings. The van der Waals surface area contributed by atoms with Crippen molar-refractivity contribution in [2.45, 2.75) is 26.2 Å². The number of nitrogens with zero attached hydrogens (tertiary/aromatic N) is 6. The van der Waals surface area contributed by atoms with E-state index in [1.165, 1.54) is 12.1 Å². The molecule has 7 nitrogen and oxygen atoms in total. The van der Waals surface area contributed by atoms with Crippen molar-refractivity contribution in [2.24, 2.45) is 0 Å². The summed E-state index contributed by atoms with van der Waals surface area (Å²) in [4.78, 5) is 26.7. The molecule has 0 radical (unpaired) electrons. The number of aromatic nitrogens is 4. The van der Waals surface area contributed by atoms with Crippen molar-refractivity contribution < 1.29 is 9.18 Å². The van der Waals surface area contributed by atoms with E-state index in [1.807, 2.05) is 41.2 Å². The Balaban J connectivity index is 1.47. The minimum absolute atomic E-state index is 0.144. The van der Waals surface area contributed by atoms with Crippen LogP contribution < -0.4 is 4.90 Å². The molecule has 3 heterocycles. The van der Waals surface area contributed by atoms with Gasteiger partial charge in [-0.15, -0.1) is 0 Å². The molecule has 5 rings (SSSR count). The van der Waals surface area contributed by atoms with Crippen LogP contribution in [0.25, 0.3) is 16.7 Å². The van der Waals surface area contributed by atoms with Gasteiger partial charge in [0.15, 0.2) is 5.65 Å². The van der Waals surface area contributed by atoms with Crippen LogP contribution in [0.2, 0.25) is 0 Å². The molecule has 1 amide bonds. The topological polar surface area (TPSA) is 67.2 Å². The SMILES string of the molecule is CC(C)c1nc(N2CCCN(C(=O)c3cccc(F)c3)CC2)c2cnn(-c3ccccc3)c2n1. The second kappa shape index (κ2) is 9.21. The Morgan fingerprint density at radius 1 is 0.971 bits per heavy atom.